The van der Waals surface area contributed by atoms with Crippen LogP contribution in [0.4, 0.5) is 16.4 Å². The van der Waals surface area contributed by atoms with E-state index in [-0.39, 0.29) is 6.42 Å². The minimum absolute atomic E-state index is 0.0487. The highest BCUT2D eigenvalue weighted by Crippen LogP contribution is 2.18. The molecule has 0 atom stereocenters. The molecule has 0 aliphatic heterocycles. The summed E-state index contributed by atoms with van der Waals surface area (Å²) in [7, 11) is 0. The zero-order valence-corrected chi connectivity index (χ0v) is 11.8. The third kappa shape index (κ3) is 4.13. The highest BCUT2D eigenvalue weighted by molar-refractivity contribution is 9.10. The second-order valence-corrected chi connectivity index (χ2v) is 4.73. The number of nitrogens with one attached hydrogen (secondary N) is 2. The van der Waals surface area contributed by atoms with Crippen LogP contribution in [0, 0.1) is 0 Å². The summed E-state index contributed by atoms with van der Waals surface area (Å²) in [4.78, 5) is 22.2. The summed E-state index contributed by atoms with van der Waals surface area (Å²) in [5, 5.41) is 13.8. The van der Waals surface area contributed by atoms with E-state index in [0.717, 1.165) is 0 Å². The zero-order chi connectivity index (χ0) is 14.5. The van der Waals surface area contributed by atoms with Gasteiger partial charge in [-0.2, -0.15) is 0 Å². The second-order valence-electron chi connectivity index (χ2n) is 3.95. The first-order valence-corrected chi connectivity index (χ1v) is 6.46. The number of carbonyl (C=O) groups is 2. The van der Waals surface area contributed by atoms with Crippen molar-refractivity contribution in [2.45, 2.75) is 6.42 Å². The molecule has 6 nitrogen and oxygen atoms in total. The molecule has 104 valence electrons. The number of benzene rings is 1. The largest absolute Gasteiger partial charge is 0.481 e. The topological polar surface area (TPSA) is 91.6 Å². The van der Waals surface area contributed by atoms with E-state index in [0.29, 0.717) is 21.8 Å². The Morgan fingerprint density at radius 2 is 1.80 bits per heavy atom. The van der Waals surface area contributed by atoms with Crippen molar-refractivity contribution in [3.8, 4) is 0 Å². The molecule has 7 heteroatoms. The number of aliphatic carboxylic acids is 1. The fourth-order valence-corrected chi connectivity index (χ4v) is 1.84. The van der Waals surface area contributed by atoms with E-state index in [2.05, 4.69) is 26.6 Å². The van der Waals surface area contributed by atoms with E-state index in [1.807, 2.05) is 0 Å². The Balaban J connectivity index is 1.92. The smallest absolute Gasteiger partial charge is 0.326 e. The minimum atomic E-state index is -0.896. The monoisotopic (exact) mass is 338 g/mol. The summed E-state index contributed by atoms with van der Waals surface area (Å²) in [6.07, 6.45) is -0.0487. The van der Waals surface area contributed by atoms with Crippen molar-refractivity contribution in [3.05, 3.63) is 46.6 Å². The molecule has 0 aliphatic rings. The molecule has 0 bridgehead atoms. The summed E-state index contributed by atoms with van der Waals surface area (Å²) in [5.74, 6) is -0.580. The van der Waals surface area contributed by atoms with Gasteiger partial charge in [0, 0.05) is 11.8 Å². The quantitative estimate of drug-likeness (QED) is 0.797. The van der Waals surface area contributed by atoms with Gasteiger partial charge >= 0.3 is 12.0 Å². The van der Waals surface area contributed by atoms with Gasteiger partial charge in [0.1, 0.15) is 0 Å². The summed E-state index contributed by atoms with van der Waals surface area (Å²) < 4.78 is 5.65. The number of amides is 2. The summed E-state index contributed by atoms with van der Waals surface area (Å²) in [5.41, 5.74) is 1.22. The molecule has 20 heavy (non-hydrogen) atoms. The van der Waals surface area contributed by atoms with Crippen LogP contribution in [-0.4, -0.2) is 17.1 Å². The van der Waals surface area contributed by atoms with Gasteiger partial charge in [0.05, 0.1) is 6.42 Å². The second kappa shape index (κ2) is 6.25. The molecular formula is C13H11BrN2O4. The lowest BCUT2D eigenvalue weighted by atomic mass is 10.1. The number of carbonyl (C=O) groups excluding carboxylic acids is 1. The minimum Gasteiger partial charge on any atom is -0.481 e. The van der Waals surface area contributed by atoms with E-state index >= 15 is 0 Å². The maximum atomic E-state index is 11.7. The predicted octanol–water partition coefficient (Wildman–Crippen LogP) is 3.31. The van der Waals surface area contributed by atoms with Gasteiger partial charge in [-0.1, -0.05) is 12.1 Å². The first-order valence-electron chi connectivity index (χ1n) is 5.67. The SMILES string of the molecule is O=C(O)Cc1ccc(NC(=O)Nc2ccc(Br)o2)cc1. The molecule has 1 aromatic carbocycles. The third-order valence-corrected chi connectivity index (χ3v) is 2.80. The van der Waals surface area contributed by atoms with E-state index in [4.69, 9.17) is 9.52 Å². The zero-order valence-electron chi connectivity index (χ0n) is 10.2. The van der Waals surface area contributed by atoms with Gasteiger partial charge in [-0.3, -0.25) is 10.1 Å². The number of halogens is 1. The van der Waals surface area contributed by atoms with Crippen molar-refractivity contribution in [1.29, 1.82) is 0 Å². The van der Waals surface area contributed by atoms with Crippen LogP contribution in [0.25, 0.3) is 0 Å². The average Bonchev–Trinajstić information content (AvgIpc) is 2.76. The van der Waals surface area contributed by atoms with E-state index in [1.54, 1.807) is 36.4 Å². The van der Waals surface area contributed by atoms with Crippen LogP contribution >= 0.6 is 15.9 Å². The molecule has 0 spiro atoms. The molecule has 1 heterocycles. The number of carboxylic acids is 1. The van der Waals surface area contributed by atoms with Gasteiger partial charge in [-0.15, -0.1) is 0 Å². The van der Waals surface area contributed by atoms with Crippen molar-refractivity contribution in [2.75, 3.05) is 10.6 Å². The van der Waals surface area contributed by atoms with Crippen LogP contribution < -0.4 is 10.6 Å². The van der Waals surface area contributed by atoms with Gasteiger partial charge in [0.15, 0.2) is 4.67 Å². The molecule has 3 N–H and O–H groups in total. The van der Waals surface area contributed by atoms with Crippen LogP contribution in [0.2, 0.25) is 0 Å². The van der Waals surface area contributed by atoms with Crippen LogP contribution in [0.5, 0.6) is 0 Å². The van der Waals surface area contributed by atoms with Crippen LogP contribution in [0.1, 0.15) is 5.56 Å². The Kier molecular flexibility index (Phi) is 4.41. The van der Waals surface area contributed by atoms with E-state index < -0.39 is 12.0 Å². The number of hydrogen-bond donors (Lipinski definition) is 3. The van der Waals surface area contributed by atoms with Gasteiger partial charge < -0.3 is 14.8 Å². The Labute approximate surface area is 122 Å². The summed E-state index contributed by atoms with van der Waals surface area (Å²) in [6.45, 7) is 0. The fraction of sp³-hybridized carbons (Fsp3) is 0.0769. The van der Waals surface area contributed by atoms with Crippen LogP contribution in [-0.2, 0) is 11.2 Å². The molecule has 0 saturated heterocycles. The lowest BCUT2D eigenvalue weighted by Crippen LogP contribution is -2.19. The number of rotatable bonds is 4. The van der Waals surface area contributed by atoms with Crippen LogP contribution in [0.15, 0.2) is 45.5 Å². The predicted molar refractivity (Wildman–Crippen MR) is 76.8 cm³/mol. The number of carboxylic acid groups (broad SMARTS) is 1. The van der Waals surface area contributed by atoms with Crippen molar-refractivity contribution >= 4 is 39.5 Å². The Bertz CT molecular complexity index is 622. The molecule has 1 aromatic heterocycles. The number of hydrogen-bond acceptors (Lipinski definition) is 3. The lowest BCUT2D eigenvalue weighted by molar-refractivity contribution is -0.136. The van der Waals surface area contributed by atoms with Crippen molar-refractivity contribution in [3.63, 3.8) is 0 Å². The Hall–Kier alpha value is -2.28. The van der Waals surface area contributed by atoms with Crippen molar-refractivity contribution in [2.24, 2.45) is 0 Å². The highest BCUT2D eigenvalue weighted by atomic mass is 79.9. The van der Waals surface area contributed by atoms with Gasteiger partial charge in [-0.05, 0) is 39.7 Å². The summed E-state index contributed by atoms with van der Waals surface area (Å²) >= 11 is 3.13. The highest BCUT2D eigenvalue weighted by Gasteiger charge is 2.06. The molecule has 2 aromatic rings. The summed E-state index contributed by atoms with van der Waals surface area (Å²) in [6, 6.07) is 9.39. The fourth-order valence-electron chi connectivity index (χ4n) is 1.54. The third-order valence-electron chi connectivity index (χ3n) is 2.38. The molecule has 0 saturated carbocycles. The van der Waals surface area contributed by atoms with Gasteiger partial charge in [0.25, 0.3) is 0 Å². The van der Waals surface area contributed by atoms with Gasteiger partial charge in [0.2, 0.25) is 5.88 Å². The van der Waals surface area contributed by atoms with Crippen molar-refractivity contribution < 1.29 is 19.1 Å². The van der Waals surface area contributed by atoms with Gasteiger partial charge in [-0.25, -0.2) is 4.79 Å². The number of anilines is 2. The maximum Gasteiger partial charge on any atom is 0.326 e. The van der Waals surface area contributed by atoms with Crippen molar-refractivity contribution in [1.82, 2.24) is 0 Å². The average molecular weight is 339 g/mol. The molecule has 0 fully saturated rings. The molecule has 0 aliphatic carbocycles. The standard InChI is InChI=1S/C13H11BrN2O4/c14-10-5-6-11(20-10)16-13(19)15-9-3-1-8(2-4-9)7-12(17)18/h1-6H,7H2,(H,17,18)(H2,15,16,19). The van der Waals surface area contributed by atoms with Crippen LogP contribution in [0.3, 0.4) is 0 Å². The molecule has 2 amide bonds. The first kappa shape index (κ1) is 14.1. The Morgan fingerprint density at radius 1 is 1.10 bits per heavy atom. The normalized spacial score (nSPS) is 10.1. The first-order chi connectivity index (χ1) is 9.52. The molecule has 2 rings (SSSR count). The lowest BCUT2D eigenvalue weighted by Gasteiger charge is -2.06. The Morgan fingerprint density at radius 3 is 2.35 bits per heavy atom. The number of furan rings is 1. The maximum absolute atomic E-state index is 11.7. The molecule has 0 unspecified atom stereocenters. The van der Waals surface area contributed by atoms with E-state index in [9.17, 15) is 9.59 Å². The molecular weight excluding hydrogens is 328 g/mol. The number of urea groups is 1. The van der Waals surface area contributed by atoms with E-state index in [1.165, 1.54) is 0 Å². The molecule has 0 radical (unpaired) electrons.